The number of fused-ring (bicyclic) bond motifs is 1. The third-order valence-electron chi connectivity index (χ3n) is 5.94. The maximum absolute atomic E-state index is 13.7. The van der Waals surface area contributed by atoms with Crippen molar-refractivity contribution < 1.29 is 27.5 Å². The molecule has 2 amide bonds. The molecule has 3 rings (SSSR count). The van der Waals surface area contributed by atoms with E-state index in [0.29, 0.717) is 41.8 Å². The molecule has 0 radical (unpaired) electrons. The predicted octanol–water partition coefficient (Wildman–Crippen LogP) is 3.46. The van der Waals surface area contributed by atoms with Gasteiger partial charge >= 0.3 is 0 Å². The average Bonchev–Trinajstić information content (AvgIpc) is 2.88. The summed E-state index contributed by atoms with van der Waals surface area (Å²) in [5.74, 6) is 0.0402. The van der Waals surface area contributed by atoms with Gasteiger partial charge in [-0.15, -0.1) is 0 Å². The van der Waals surface area contributed by atoms with Crippen LogP contribution >= 0.6 is 11.6 Å². The summed E-state index contributed by atoms with van der Waals surface area (Å²) in [4.78, 5) is 28.0. The molecule has 37 heavy (non-hydrogen) atoms. The average molecular weight is 552 g/mol. The van der Waals surface area contributed by atoms with Gasteiger partial charge in [0.1, 0.15) is 25.8 Å². The smallest absolute Gasteiger partial charge is 0.244 e. The highest BCUT2D eigenvalue weighted by Crippen LogP contribution is 2.35. The lowest BCUT2D eigenvalue weighted by Crippen LogP contribution is -2.51. The van der Waals surface area contributed by atoms with Gasteiger partial charge in [0.25, 0.3) is 0 Å². The standard InChI is InChI=1S/C26H34ClN3O6S/c1-5-37(33,34)30(21-10-11-23-24(14-21)36-13-12-35-23)17-25(31)29(16-20-8-6-7-9-22(20)27)19(4)26(32)28-15-18(2)3/h6-11,14,18-19H,5,12-13,15-17H2,1-4H3,(H,28,32)/t19-/m0/s1. The Kier molecular flexibility index (Phi) is 9.67. The highest BCUT2D eigenvalue weighted by molar-refractivity contribution is 7.92. The minimum absolute atomic E-state index is 0.0376. The predicted molar refractivity (Wildman–Crippen MR) is 144 cm³/mol. The van der Waals surface area contributed by atoms with Crippen LogP contribution in [0, 0.1) is 5.92 Å². The minimum atomic E-state index is -3.85. The van der Waals surface area contributed by atoms with Crippen LogP contribution in [0.15, 0.2) is 42.5 Å². The molecule has 0 unspecified atom stereocenters. The summed E-state index contributed by atoms with van der Waals surface area (Å²) < 4.78 is 38.4. The molecular weight excluding hydrogens is 518 g/mol. The van der Waals surface area contributed by atoms with Crippen LogP contribution in [0.1, 0.15) is 33.3 Å². The summed E-state index contributed by atoms with van der Waals surface area (Å²) in [5.41, 5.74) is 0.916. The van der Waals surface area contributed by atoms with Gasteiger partial charge in [0.15, 0.2) is 11.5 Å². The molecular formula is C26H34ClN3O6S. The highest BCUT2D eigenvalue weighted by Gasteiger charge is 2.32. The van der Waals surface area contributed by atoms with Crippen LogP contribution in [0.4, 0.5) is 5.69 Å². The van der Waals surface area contributed by atoms with Crippen molar-refractivity contribution in [1.82, 2.24) is 10.2 Å². The Morgan fingerprint density at radius 2 is 1.73 bits per heavy atom. The maximum Gasteiger partial charge on any atom is 0.244 e. The SMILES string of the molecule is CCS(=O)(=O)N(CC(=O)N(Cc1ccccc1Cl)[C@@H](C)C(=O)NCC(C)C)c1ccc2c(c1)OCCO2. The van der Waals surface area contributed by atoms with E-state index < -0.39 is 28.5 Å². The minimum Gasteiger partial charge on any atom is -0.486 e. The lowest BCUT2D eigenvalue weighted by atomic mass is 10.1. The maximum atomic E-state index is 13.7. The molecule has 1 heterocycles. The lowest BCUT2D eigenvalue weighted by Gasteiger charge is -2.32. The number of halogens is 1. The number of sulfonamides is 1. The third kappa shape index (κ3) is 7.29. The molecule has 1 atom stereocenters. The molecule has 0 spiro atoms. The van der Waals surface area contributed by atoms with E-state index in [2.05, 4.69) is 5.32 Å². The van der Waals surface area contributed by atoms with Crippen LogP contribution in [0.25, 0.3) is 0 Å². The Hall–Kier alpha value is -2.98. The Balaban J connectivity index is 1.94. The summed E-state index contributed by atoms with van der Waals surface area (Å²) in [6.07, 6.45) is 0. The Morgan fingerprint density at radius 1 is 1.05 bits per heavy atom. The van der Waals surface area contributed by atoms with E-state index in [-0.39, 0.29) is 29.8 Å². The van der Waals surface area contributed by atoms with E-state index in [1.54, 1.807) is 49.4 Å². The molecule has 11 heteroatoms. The van der Waals surface area contributed by atoms with Gasteiger partial charge in [-0.3, -0.25) is 13.9 Å². The summed E-state index contributed by atoms with van der Waals surface area (Å²) >= 11 is 6.35. The molecule has 0 fully saturated rings. The number of hydrogen-bond acceptors (Lipinski definition) is 6. The first-order valence-electron chi connectivity index (χ1n) is 12.2. The molecule has 2 aromatic carbocycles. The van der Waals surface area contributed by atoms with Gasteiger partial charge in [0.2, 0.25) is 21.8 Å². The number of rotatable bonds is 11. The molecule has 1 N–H and O–H groups in total. The van der Waals surface area contributed by atoms with Crippen LogP contribution in [0.5, 0.6) is 11.5 Å². The van der Waals surface area contributed by atoms with Crippen molar-refractivity contribution in [3.63, 3.8) is 0 Å². The van der Waals surface area contributed by atoms with Crippen LogP contribution in [0.2, 0.25) is 5.02 Å². The van der Waals surface area contributed by atoms with Gasteiger partial charge in [0.05, 0.1) is 11.4 Å². The number of anilines is 1. The first-order valence-corrected chi connectivity index (χ1v) is 14.2. The molecule has 9 nitrogen and oxygen atoms in total. The molecule has 0 aromatic heterocycles. The van der Waals surface area contributed by atoms with Crippen LogP contribution in [-0.2, 0) is 26.2 Å². The van der Waals surface area contributed by atoms with Gasteiger partial charge in [-0.2, -0.15) is 0 Å². The quantitative estimate of drug-likeness (QED) is 0.458. The van der Waals surface area contributed by atoms with Gasteiger partial charge in [-0.05, 0) is 43.5 Å². The van der Waals surface area contributed by atoms with Crippen molar-refractivity contribution in [2.45, 2.75) is 40.3 Å². The molecule has 1 aliphatic rings. The Morgan fingerprint density at radius 3 is 2.38 bits per heavy atom. The molecule has 0 saturated carbocycles. The van der Waals surface area contributed by atoms with Gasteiger partial charge in [-0.1, -0.05) is 43.6 Å². The number of carbonyl (C=O) groups is 2. The fourth-order valence-corrected chi connectivity index (χ4v) is 5.00. The normalized spacial score (nSPS) is 13.7. The topological polar surface area (TPSA) is 105 Å². The van der Waals surface area contributed by atoms with Crippen molar-refractivity contribution in [1.29, 1.82) is 0 Å². The Labute approximate surface area is 223 Å². The lowest BCUT2D eigenvalue weighted by molar-refractivity contribution is -0.139. The van der Waals surface area contributed by atoms with Gasteiger partial charge in [-0.25, -0.2) is 8.42 Å². The number of carbonyl (C=O) groups excluding carboxylic acids is 2. The van der Waals surface area contributed by atoms with E-state index in [4.69, 9.17) is 21.1 Å². The summed E-state index contributed by atoms with van der Waals surface area (Å²) in [7, 11) is -3.85. The third-order valence-corrected chi connectivity index (χ3v) is 8.05. The molecule has 202 valence electrons. The number of ether oxygens (including phenoxy) is 2. The second-order valence-electron chi connectivity index (χ2n) is 9.16. The number of hydrogen-bond donors (Lipinski definition) is 1. The van der Waals surface area contributed by atoms with Crippen molar-refractivity contribution in [3.05, 3.63) is 53.1 Å². The van der Waals surface area contributed by atoms with Gasteiger partial charge in [0, 0.05) is 24.2 Å². The zero-order valence-electron chi connectivity index (χ0n) is 21.6. The van der Waals surface area contributed by atoms with Gasteiger partial charge < -0.3 is 19.7 Å². The number of benzene rings is 2. The van der Waals surface area contributed by atoms with Crippen LogP contribution < -0.4 is 19.1 Å². The zero-order chi connectivity index (χ0) is 27.2. The van der Waals surface area contributed by atoms with Crippen LogP contribution in [0.3, 0.4) is 0 Å². The number of nitrogens with one attached hydrogen (secondary N) is 1. The first kappa shape index (κ1) is 28.6. The largest absolute Gasteiger partial charge is 0.486 e. The Bertz CT molecular complexity index is 1220. The van der Waals surface area contributed by atoms with Crippen LogP contribution in [-0.4, -0.2) is 63.2 Å². The second kappa shape index (κ2) is 12.5. The van der Waals surface area contributed by atoms with Crippen molar-refractivity contribution in [3.8, 4) is 11.5 Å². The monoisotopic (exact) mass is 551 g/mol. The highest BCUT2D eigenvalue weighted by atomic mass is 35.5. The van der Waals surface area contributed by atoms with E-state index in [9.17, 15) is 18.0 Å². The van der Waals surface area contributed by atoms with Crippen molar-refractivity contribution >= 4 is 39.1 Å². The van der Waals surface area contributed by atoms with Crippen molar-refractivity contribution in [2.24, 2.45) is 5.92 Å². The molecule has 1 aliphatic heterocycles. The number of amides is 2. The van der Waals surface area contributed by atoms with E-state index in [1.165, 1.54) is 11.8 Å². The van der Waals surface area contributed by atoms with E-state index in [0.717, 1.165) is 4.31 Å². The van der Waals surface area contributed by atoms with E-state index in [1.807, 2.05) is 13.8 Å². The molecule has 0 bridgehead atoms. The second-order valence-corrected chi connectivity index (χ2v) is 11.8. The zero-order valence-corrected chi connectivity index (χ0v) is 23.1. The number of nitrogens with zero attached hydrogens (tertiary/aromatic N) is 2. The summed E-state index contributed by atoms with van der Waals surface area (Å²) in [5, 5.41) is 3.29. The van der Waals surface area contributed by atoms with Crippen molar-refractivity contribution in [2.75, 3.05) is 36.4 Å². The van der Waals surface area contributed by atoms with E-state index >= 15 is 0 Å². The fourth-order valence-electron chi connectivity index (χ4n) is 3.75. The summed E-state index contributed by atoms with van der Waals surface area (Å²) in [6.45, 7) is 7.79. The molecule has 0 saturated heterocycles. The first-order chi connectivity index (χ1) is 17.5. The fraction of sp³-hybridized carbons (Fsp3) is 0.462. The summed E-state index contributed by atoms with van der Waals surface area (Å²) in [6, 6.07) is 10.9. The molecule has 2 aromatic rings. The molecule has 0 aliphatic carbocycles.